The number of aryl methyl sites for hydroxylation is 1. The zero-order valence-corrected chi connectivity index (χ0v) is 13.8. The van der Waals surface area contributed by atoms with Crippen molar-refractivity contribution in [3.63, 3.8) is 0 Å². The predicted molar refractivity (Wildman–Crippen MR) is 90.8 cm³/mol. The first kappa shape index (κ1) is 14.4. The van der Waals surface area contributed by atoms with Crippen LogP contribution >= 0.6 is 11.3 Å². The smallest absolute Gasteiger partial charge is 0.254 e. The van der Waals surface area contributed by atoms with Gasteiger partial charge in [0.05, 0.1) is 5.56 Å². The highest BCUT2D eigenvalue weighted by Crippen LogP contribution is 2.30. The molecule has 0 bridgehead atoms. The largest absolute Gasteiger partial charge is 0.338 e. The minimum atomic E-state index is 0.140. The zero-order valence-electron chi connectivity index (χ0n) is 13.0. The van der Waals surface area contributed by atoms with Crippen molar-refractivity contribution in [1.82, 2.24) is 20.1 Å². The molecule has 1 unspecified atom stereocenters. The Morgan fingerprint density at radius 1 is 1.48 bits per heavy atom. The van der Waals surface area contributed by atoms with E-state index in [-0.39, 0.29) is 5.91 Å². The van der Waals surface area contributed by atoms with Crippen molar-refractivity contribution in [2.45, 2.75) is 25.7 Å². The third-order valence-corrected chi connectivity index (χ3v) is 5.31. The summed E-state index contributed by atoms with van der Waals surface area (Å²) in [6, 6.07) is 5.96. The Kier molecular flexibility index (Phi) is 3.61. The van der Waals surface area contributed by atoms with E-state index in [9.17, 15) is 4.79 Å². The topological polar surface area (TPSA) is 61.9 Å². The second-order valence-electron chi connectivity index (χ2n) is 6.05. The van der Waals surface area contributed by atoms with Crippen LogP contribution in [0.2, 0.25) is 0 Å². The van der Waals surface area contributed by atoms with Crippen molar-refractivity contribution < 1.29 is 4.79 Å². The number of likely N-dealkylation sites (tertiary alicyclic amines) is 1. The standard InChI is InChI=1S/C17H18N4OS/c1-11-8-13(10-23-11)17(22)21-7-3-4-12(9-21)15-14-5-2-6-18-16(14)20-19-15/h2,5-6,8,10,12H,3-4,7,9H2,1H3,(H,18,19,20). The number of carbonyl (C=O) groups is 1. The molecule has 3 aromatic rings. The van der Waals surface area contributed by atoms with Crippen molar-refractivity contribution in [2.75, 3.05) is 13.1 Å². The summed E-state index contributed by atoms with van der Waals surface area (Å²) < 4.78 is 0. The van der Waals surface area contributed by atoms with Crippen LogP contribution in [0.4, 0.5) is 0 Å². The molecule has 5 nitrogen and oxygen atoms in total. The van der Waals surface area contributed by atoms with E-state index in [2.05, 4.69) is 15.2 Å². The second-order valence-corrected chi connectivity index (χ2v) is 7.16. The maximum absolute atomic E-state index is 12.7. The number of fused-ring (bicyclic) bond motifs is 1. The van der Waals surface area contributed by atoms with E-state index in [0.29, 0.717) is 5.92 Å². The zero-order chi connectivity index (χ0) is 15.8. The monoisotopic (exact) mass is 326 g/mol. The molecule has 3 aromatic heterocycles. The van der Waals surface area contributed by atoms with Crippen LogP contribution in [0.5, 0.6) is 0 Å². The average Bonchev–Trinajstić information content (AvgIpc) is 3.20. The molecular formula is C17H18N4OS. The third kappa shape index (κ3) is 2.63. The van der Waals surface area contributed by atoms with Gasteiger partial charge in [0.1, 0.15) is 0 Å². The summed E-state index contributed by atoms with van der Waals surface area (Å²) in [5.74, 6) is 0.433. The van der Waals surface area contributed by atoms with Gasteiger partial charge in [0, 0.05) is 46.5 Å². The first-order chi connectivity index (χ1) is 11.2. The number of pyridine rings is 1. The number of amides is 1. The van der Waals surface area contributed by atoms with Crippen LogP contribution in [-0.2, 0) is 0 Å². The van der Waals surface area contributed by atoms with Crippen LogP contribution in [0, 0.1) is 6.92 Å². The van der Waals surface area contributed by atoms with Gasteiger partial charge in [-0.25, -0.2) is 4.98 Å². The molecule has 0 radical (unpaired) electrons. The molecule has 4 heterocycles. The summed E-state index contributed by atoms with van der Waals surface area (Å²) in [5.41, 5.74) is 2.66. The summed E-state index contributed by atoms with van der Waals surface area (Å²) in [6.45, 7) is 3.60. The number of nitrogens with zero attached hydrogens (tertiary/aromatic N) is 3. The third-order valence-electron chi connectivity index (χ3n) is 4.45. The number of aromatic amines is 1. The molecule has 1 fully saturated rings. The van der Waals surface area contributed by atoms with Gasteiger partial charge in [-0.15, -0.1) is 11.3 Å². The summed E-state index contributed by atoms with van der Waals surface area (Å²) in [7, 11) is 0. The van der Waals surface area contributed by atoms with Gasteiger partial charge in [0.15, 0.2) is 5.65 Å². The molecule has 118 valence electrons. The summed E-state index contributed by atoms with van der Waals surface area (Å²) >= 11 is 1.63. The Morgan fingerprint density at radius 2 is 2.39 bits per heavy atom. The lowest BCUT2D eigenvalue weighted by Gasteiger charge is -2.32. The van der Waals surface area contributed by atoms with E-state index in [4.69, 9.17) is 0 Å². The lowest BCUT2D eigenvalue weighted by atomic mass is 9.93. The Bertz CT molecular complexity index is 853. The minimum Gasteiger partial charge on any atom is -0.338 e. The summed E-state index contributed by atoms with van der Waals surface area (Å²) in [5, 5.41) is 10.4. The normalized spacial score (nSPS) is 18.5. The maximum atomic E-state index is 12.7. The summed E-state index contributed by atoms with van der Waals surface area (Å²) in [6.07, 6.45) is 3.83. The van der Waals surface area contributed by atoms with Crippen molar-refractivity contribution in [1.29, 1.82) is 0 Å². The van der Waals surface area contributed by atoms with Crippen LogP contribution in [0.15, 0.2) is 29.8 Å². The SMILES string of the molecule is Cc1cc(C(=O)N2CCCC(c3[nH]nc4ncccc34)C2)cs1. The Balaban J connectivity index is 1.58. The number of rotatable bonds is 2. The van der Waals surface area contributed by atoms with Crippen LogP contribution in [0.25, 0.3) is 11.0 Å². The highest BCUT2D eigenvalue weighted by atomic mass is 32.1. The molecule has 1 aliphatic heterocycles. The number of hydrogen-bond donors (Lipinski definition) is 1. The molecule has 4 rings (SSSR count). The van der Waals surface area contributed by atoms with Crippen molar-refractivity contribution in [3.8, 4) is 0 Å². The lowest BCUT2D eigenvalue weighted by Crippen LogP contribution is -2.39. The fourth-order valence-corrected chi connectivity index (χ4v) is 3.99. The number of aromatic nitrogens is 3. The molecule has 23 heavy (non-hydrogen) atoms. The van der Waals surface area contributed by atoms with Gasteiger partial charge in [-0.05, 0) is 38.0 Å². The number of hydrogen-bond acceptors (Lipinski definition) is 4. The molecular weight excluding hydrogens is 308 g/mol. The van der Waals surface area contributed by atoms with Gasteiger partial charge in [0.25, 0.3) is 5.91 Å². The molecule has 1 atom stereocenters. The molecule has 6 heteroatoms. The molecule has 1 amide bonds. The fraction of sp³-hybridized carbons (Fsp3) is 0.353. The minimum absolute atomic E-state index is 0.140. The van der Waals surface area contributed by atoms with E-state index >= 15 is 0 Å². The maximum Gasteiger partial charge on any atom is 0.254 e. The fourth-order valence-electron chi connectivity index (χ4n) is 3.32. The lowest BCUT2D eigenvalue weighted by molar-refractivity contribution is 0.0706. The van der Waals surface area contributed by atoms with Gasteiger partial charge in [-0.1, -0.05) is 0 Å². The predicted octanol–water partition coefficient (Wildman–Crippen LogP) is 3.35. The first-order valence-corrected chi connectivity index (χ1v) is 8.74. The second kappa shape index (κ2) is 5.77. The highest BCUT2D eigenvalue weighted by Gasteiger charge is 2.28. The van der Waals surface area contributed by atoms with Crippen LogP contribution in [0.3, 0.4) is 0 Å². The van der Waals surface area contributed by atoms with E-state index < -0.39 is 0 Å². The van der Waals surface area contributed by atoms with Crippen molar-refractivity contribution in [2.24, 2.45) is 0 Å². The van der Waals surface area contributed by atoms with Crippen molar-refractivity contribution in [3.05, 3.63) is 45.9 Å². The quantitative estimate of drug-likeness (QED) is 0.785. The van der Waals surface area contributed by atoms with E-state index in [1.807, 2.05) is 35.4 Å². The molecule has 0 aliphatic carbocycles. The van der Waals surface area contributed by atoms with Crippen LogP contribution in [-0.4, -0.2) is 39.1 Å². The molecule has 0 aromatic carbocycles. The van der Waals surface area contributed by atoms with Gasteiger partial charge in [0.2, 0.25) is 0 Å². The number of H-pyrrole nitrogens is 1. The molecule has 0 spiro atoms. The molecule has 0 saturated carbocycles. The van der Waals surface area contributed by atoms with Gasteiger partial charge >= 0.3 is 0 Å². The van der Waals surface area contributed by atoms with Crippen molar-refractivity contribution >= 4 is 28.3 Å². The Labute approximate surface area is 138 Å². The molecule has 1 saturated heterocycles. The number of piperidine rings is 1. The van der Waals surface area contributed by atoms with Crippen LogP contribution in [0.1, 0.15) is 39.7 Å². The summed E-state index contributed by atoms with van der Waals surface area (Å²) in [4.78, 5) is 20.1. The van der Waals surface area contributed by atoms with Crippen LogP contribution < -0.4 is 0 Å². The Morgan fingerprint density at radius 3 is 3.22 bits per heavy atom. The van der Waals surface area contributed by atoms with E-state index in [1.165, 1.54) is 4.88 Å². The van der Waals surface area contributed by atoms with Gasteiger partial charge in [-0.3, -0.25) is 9.89 Å². The average molecular weight is 326 g/mol. The molecule has 1 aliphatic rings. The molecule has 1 N–H and O–H groups in total. The Hall–Kier alpha value is -2.21. The van der Waals surface area contributed by atoms with Gasteiger partial charge < -0.3 is 4.90 Å². The van der Waals surface area contributed by atoms with E-state index in [1.54, 1.807) is 17.5 Å². The van der Waals surface area contributed by atoms with E-state index in [0.717, 1.165) is 48.2 Å². The number of thiophene rings is 1. The van der Waals surface area contributed by atoms with Gasteiger partial charge in [-0.2, -0.15) is 5.10 Å². The number of nitrogens with one attached hydrogen (secondary N) is 1. The number of carbonyl (C=O) groups excluding carboxylic acids is 1. The first-order valence-electron chi connectivity index (χ1n) is 7.86. The highest BCUT2D eigenvalue weighted by molar-refractivity contribution is 7.10.